The van der Waals surface area contributed by atoms with E-state index in [1.807, 2.05) is 0 Å². The van der Waals surface area contributed by atoms with Gasteiger partial charge in [-0.1, -0.05) is 6.07 Å². The quantitative estimate of drug-likeness (QED) is 0.804. The van der Waals surface area contributed by atoms with Crippen LogP contribution in [0.2, 0.25) is 0 Å². The average molecular weight is 245 g/mol. The van der Waals surface area contributed by atoms with Crippen LogP contribution in [0.15, 0.2) is 36.0 Å². The van der Waals surface area contributed by atoms with Crippen LogP contribution in [0.25, 0.3) is 0 Å². The molecule has 17 heavy (non-hydrogen) atoms. The molecule has 0 aliphatic heterocycles. The number of carboxylic acids is 1. The maximum atomic E-state index is 12.4. The minimum absolute atomic E-state index is 0.190. The van der Waals surface area contributed by atoms with Crippen molar-refractivity contribution in [1.29, 1.82) is 0 Å². The van der Waals surface area contributed by atoms with Gasteiger partial charge in [0.05, 0.1) is 5.56 Å². The van der Waals surface area contributed by atoms with Crippen LogP contribution < -0.4 is 5.32 Å². The topological polar surface area (TPSA) is 49.3 Å². The molecule has 0 amide bonds. The lowest BCUT2D eigenvalue weighted by molar-refractivity contribution is -0.137. The largest absolute Gasteiger partial charge is 0.478 e. The highest BCUT2D eigenvalue weighted by Gasteiger charge is 2.30. The Labute approximate surface area is 95.6 Å². The Balaban J connectivity index is 2.90. The molecule has 0 atom stereocenters. The summed E-state index contributed by atoms with van der Waals surface area (Å²) in [6.45, 7) is 1.45. The van der Waals surface area contributed by atoms with Crippen LogP contribution in [0.3, 0.4) is 0 Å². The van der Waals surface area contributed by atoms with Crippen LogP contribution in [0, 0.1) is 0 Å². The molecule has 0 fully saturated rings. The van der Waals surface area contributed by atoms with Gasteiger partial charge in [-0.2, -0.15) is 13.2 Å². The summed E-state index contributed by atoms with van der Waals surface area (Å²) < 4.78 is 37.1. The molecule has 0 spiro atoms. The molecular formula is C11H10F3NO2. The zero-order valence-electron chi connectivity index (χ0n) is 8.88. The van der Waals surface area contributed by atoms with Gasteiger partial charge in [0.2, 0.25) is 0 Å². The van der Waals surface area contributed by atoms with Crippen molar-refractivity contribution in [3.63, 3.8) is 0 Å². The van der Waals surface area contributed by atoms with E-state index in [9.17, 15) is 18.0 Å². The van der Waals surface area contributed by atoms with Gasteiger partial charge in [-0.15, -0.1) is 0 Å². The highest BCUT2D eigenvalue weighted by atomic mass is 19.4. The Morgan fingerprint density at radius 3 is 2.59 bits per heavy atom. The fourth-order valence-corrected chi connectivity index (χ4v) is 1.22. The van der Waals surface area contributed by atoms with Crippen molar-refractivity contribution >= 4 is 11.7 Å². The number of carboxylic acid groups (broad SMARTS) is 1. The van der Waals surface area contributed by atoms with Gasteiger partial charge in [0, 0.05) is 17.5 Å². The number of aliphatic carboxylic acids is 1. The number of benzene rings is 1. The summed E-state index contributed by atoms with van der Waals surface area (Å²) in [6, 6.07) is 4.54. The van der Waals surface area contributed by atoms with E-state index in [2.05, 4.69) is 5.32 Å². The molecule has 0 aliphatic rings. The molecule has 0 saturated carbocycles. The third-order valence-corrected chi connectivity index (χ3v) is 1.87. The van der Waals surface area contributed by atoms with Crippen LogP contribution >= 0.6 is 0 Å². The molecule has 1 aromatic carbocycles. The number of halogens is 3. The van der Waals surface area contributed by atoms with Gasteiger partial charge in [-0.05, 0) is 25.1 Å². The normalized spacial score (nSPS) is 12.4. The summed E-state index contributed by atoms with van der Waals surface area (Å²) in [6.07, 6.45) is -3.54. The van der Waals surface area contributed by atoms with Gasteiger partial charge < -0.3 is 10.4 Å². The van der Waals surface area contributed by atoms with E-state index in [0.29, 0.717) is 0 Å². The zero-order valence-corrected chi connectivity index (χ0v) is 8.88. The molecular weight excluding hydrogens is 235 g/mol. The van der Waals surface area contributed by atoms with Gasteiger partial charge >= 0.3 is 12.1 Å². The van der Waals surface area contributed by atoms with Gasteiger partial charge in [0.15, 0.2) is 0 Å². The van der Waals surface area contributed by atoms with Gasteiger partial charge in [0.25, 0.3) is 0 Å². The Kier molecular flexibility index (Phi) is 3.77. The van der Waals surface area contributed by atoms with Crippen molar-refractivity contribution in [2.24, 2.45) is 0 Å². The smallest absolute Gasteiger partial charge is 0.416 e. The molecule has 92 valence electrons. The second-order valence-electron chi connectivity index (χ2n) is 3.37. The highest BCUT2D eigenvalue weighted by Crippen LogP contribution is 2.30. The lowest BCUT2D eigenvalue weighted by Gasteiger charge is -2.10. The summed E-state index contributed by atoms with van der Waals surface area (Å²) >= 11 is 0. The number of anilines is 1. The molecule has 0 heterocycles. The summed E-state index contributed by atoms with van der Waals surface area (Å²) in [7, 11) is 0. The molecule has 3 nitrogen and oxygen atoms in total. The lowest BCUT2D eigenvalue weighted by atomic mass is 10.2. The summed E-state index contributed by atoms with van der Waals surface area (Å²) in [5, 5.41) is 11.0. The van der Waals surface area contributed by atoms with Crippen LogP contribution in [-0.2, 0) is 11.0 Å². The molecule has 6 heteroatoms. The van der Waals surface area contributed by atoms with E-state index >= 15 is 0 Å². The van der Waals surface area contributed by atoms with Crippen LogP contribution in [0.1, 0.15) is 12.5 Å². The Hall–Kier alpha value is -1.98. The maximum Gasteiger partial charge on any atom is 0.416 e. The van der Waals surface area contributed by atoms with E-state index in [4.69, 9.17) is 5.11 Å². The number of hydrogen-bond donors (Lipinski definition) is 2. The first-order chi connectivity index (χ1) is 7.79. The predicted molar refractivity (Wildman–Crippen MR) is 56.5 cm³/mol. The van der Waals surface area contributed by atoms with Gasteiger partial charge in [0.1, 0.15) is 0 Å². The molecule has 1 aromatic rings. The average Bonchev–Trinajstić information content (AvgIpc) is 2.15. The number of alkyl halides is 3. The lowest BCUT2D eigenvalue weighted by Crippen LogP contribution is -2.06. The Bertz CT molecular complexity index is 452. The second kappa shape index (κ2) is 4.90. The van der Waals surface area contributed by atoms with E-state index in [-0.39, 0.29) is 11.4 Å². The maximum absolute atomic E-state index is 12.4. The van der Waals surface area contributed by atoms with Gasteiger partial charge in [-0.3, -0.25) is 0 Å². The van der Waals surface area contributed by atoms with Crippen LogP contribution in [0.5, 0.6) is 0 Å². The summed E-state index contributed by atoms with van der Waals surface area (Å²) in [5.41, 5.74) is -0.350. The van der Waals surface area contributed by atoms with E-state index in [1.54, 1.807) is 0 Å². The molecule has 0 saturated heterocycles. The van der Waals surface area contributed by atoms with Crippen molar-refractivity contribution in [3.05, 3.63) is 41.6 Å². The third kappa shape index (κ3) is 4.18. The first-order valence-corrected chi connectivity index (χ1v) is 4.64. The van der Waals surface area contributed by atoms with Crippen LogP contribution in [-0.4, -0.2) is 11.1 Å². The molecule has 0 aliphatic carbocycles. The molecule has 0 radical (unpaired) electrons. The first kappa shape index (κ1) is 13.1. The summed E-state index contributed by atoms with van der Waals surface area (Å²) in [5.74, 6) is -1.16. The number of nitrogens with one attached hydrogen (secondary N) is 1. The fourth-order valence-electron chi connectivity index (χ4n) is 1.22. The SMILES string of the molecule is CC(=CC(=O)O)Nc1cccc(C(F)(F)F)c1. The van der Waals surface area contributed by atoms with Crippen molar-refractivity contribution < 1.29 is 23.1 Å². The Morgan fingerprint density at radius 2 is 2.06 bits per heavy atom. The third-order valence-electron chi connectivity index (χ3n) is 1.87. The van der Waals surface area contributed by atoms with Crippen LogP contribution in [0.4, 0.5) is 18.9 Å². The van der Waals surface area contributed by atoms with E-state index in [0.717, 1.165) is 18.2 Å². The van der Waals surface area contributed by atoms with E-state index < -0.39 is 17.7 Å². The van der Waals surface area contributed by atoms with Crippen molar-refractivity contribution in [2.75, 3.05) is 5.32 Å². The Morgan fingerprint density at radius 1 is 1.41 bits per heavy atom. The minimum Gasteiger partial charge on any atom is -0.478 e. The zero-order chi connectivity index (χ0) is 13.1. The molecule has 0 unspecified atom stereocenters. The monoisotopic (exact) mass is 245 g/mol. The predicted octanol–water partition coefficient (Wildman–Crippen LogP) is 3.11. The molecule has 0 bridgehead atoms. The fraction of sp³-hybridized carbons (Fsp3) is 0.182. The second-order valence-corrected chi connectivity index (χ2v) is 3.37. The van der Waals surface area contributed by atoms with E-state index in [1.165, 1.54) is 19.1 Å². The highest BCUT2D eigenvalue weighted by molar-refractivity contribution is 5.81. The summed E-state index contributed by atoms with van der Waals surface area (Å²) in [4.78, 5) is 10.3. The first-order valence-electron chi connectivity index (χ1n) is 4.64. The molecule has 2 N–H and O–H groups in total. The van der Waals surface area contributed by atoms with Crippen molar-refractivity contribution in [1.82, 2.24) is 0 Å². The number of carbonyl (C=O) groups is 1. The minimum atomic E-state index is -4.41. The van der Waals surface area contributed by atoms with Gasteiger partial charge in [-0.25, -0.2) is 4.79 Å². The van der Waals surface area contributed by atoms with Crippen molar-refractivity contribution in [2.45, 2.75) is 13.1 Å². The number of allylic oxidation sites excluding steroid dienone is 1. The number of rotatable bonds is 3. The van der Waals surface area contributed by atoms with Crippen molar-refractivity contribution in [3.8, 4) is 0 Å². The molecule has 0 aromatic heterocycles. The molecule has 1 rings (SSSR count). The number of hydrogen-bond acceptors (Lipinski definition) is 2. The standard InChI is InChI=1S/C11H10F3NO2/c1-7(5-10(16)17)15-9-4-2-3-8(6-9)11(12,13)14/h2-6,15H,1H3,(H,16,17).